The maximum Gasteiger partial charge on any atom is 0.192 e. The highest BCUT2D eigenvalue weighted by molar-refractivity contribution is 5.17. The summed E-state index contributed by atoms with van der Waals surface area (Å²) in [5.74, 6) is -1.35. The quantitative estimate of drug-likeness (QED) is 0.818. The van der Waals surface area contributed by atoms with Gasteiger partial charge in [0, 0.05) is 12.2 Å². The van der Waals surface area contributed by atoms with Gasteiger partial charge in [-0.1, -0.05) is 43.7 Å². The van der Waals surface area contributed by atoms with Gasteiger partial charge in [-0.2, -0.15) is 0 Å². The SMILES string of the molecule is CCCCOC[C@H]1OC(C)(O)[C@@H]2OC(c3ccccc3)O[C@@H]21. The first kappa shape index (κ1) is 15.9. The van der Waals surface area contributed by atoms with Gasteiger partial charge in [0.1, 0.15) is 18.3 Å². The lowest BCUT2D eigenvalue weighted by Gasteiger charge is -2.24. The van der Waals surface area contributed by atoms with Crippen molar-refractivity contribution < 1.29 is 24.1 Å². The minimum atomic E-state index is -1.35. The van der Waals surface area contributed by atoms with Crippen LogP contribution in [0.25, 0.3) is 0 Å². The summed E-state index contributed by atoms with van der Waals surface area (Å²) >= 11 is 0. The maximum atomic E-state index is 10.4. The van der Waals surface area contributed by atoms with Crippen molar-refractivity contribution in [1.29, 1.82) is 0 Å². The average molecular weight is 308 g/mol. The summed E-state index contributed by atoms with van der Waals surface area (Å²) in [7, 11) is 0. The lowest BCUT2D eigenvalue weighted by molar-refractivity contribution is -0.250. The Morgan fingerprint density at radius 2 is 2.00 bits per heavy atom. The molecule has 0 aliphatic carbocycles. The van der Waals surface area contributed by atoms with Crippen molar-refractivity contribution in [3.05, 3.63) is 35.9 Å². The molecular formula is C17H24O5. The Labute approximate surface area is 131 Å². The number of ether oxygens (including phenoxy) is 4. The van der Waals surface area contributed by atoms with Gasteiger partial charge in [0.05, 0.1) is 6.61 Å². The fourth-order valence-electron chi connectivity index (χ4n) is 2.95. The van der Waals surface area contributed by atoms with Crippen LogP contribution in [0.3, 0.4) is 0 Å². The molecule has 2 saturated heterocycles. The van der Waals surface area contributed by atoms with E-state index in [1.807, 2.05) is 30.3 Å². The van der Waals surface area contributed by atoms with E-state index in [9.17, 15) is 5.11 Å². The van der Waals surface area contributed by atoms with Crippen molar-refractivity contribution >= 4 is 0 Å². The van der Waals surface area contributed by atoms with Gasteiger partial charge in [-0.3, -0.25) is 0 Å². The minimum absolute atomic E-state index is 0.314. The molecule has 0 aromatic heterocycles. The Hall–Kier alpha value is -0.980. The summed E-state index contributed by atoms with van der Waals surface area (Å²) in [6, 6.07) is 9.73. The smallest absolute Gasteiger partial charge is 0.192 e. The Bertz CT molecular complexity index is 475. The summed E-state index contributed by atoms with van der Waals surface area (Å²) < 4.78 is 23.2. The molecule has 0 bridgehead atoms. The largest absolute Gasteiger partial charge is 0.379 e. The first-order chi connectivity index (χ1) is 10.6. The van der Waals surface area contributed by atoms with Crippen LogP contribution in [0.1, 0.15) is 38.5 Å². The van der Waals surface area contributed by atoms with Crippen LogP contribution in [0, 0.1) is 0 Å². The normalized spacial score (nSPS) is 37.4. The van der Waals surface area contributed by atoms with E-state index in [0.717, 1.165) is 18.4 Å². The summed E-state index contributed by atoms with van der Waals surface area (Å²) in [5, 5.41) is 10.4. The maximum absolute atomic E-state index is 10.4. The molecule has 22 heavy (non-hydrogen) atoms. The van der Waals surface area contributed by atoms with E-state index in [1.165, 1.54) is 0 Å². The van der Waals surface area contributed by atoms with Gasteiger partial charge in [-0.25, -0.2) is 0 Å². The Kier molecular flexibility index (Phi) is 4.80. The minimum Gasteiger partial charge on any atom is -0.379 e. The first-order valence-electron chi connectivity index (χ1n) is 7.95. The van der Waals surface area contributed by atoms with E-state index in [0.29, 0.717) is 13.2 Å². The average Bonchev–Trinajstić information content (AvgIpc) is 3.05. The van der Waals surface area contributed by atoms with E-state index >= 15 is 0 Å². The fourth-order valence-corrected chi connectivity index (χ4v) is 2.95. The molecule has 0 spiro atoms. The van der Waals surface area contributed by atoms with Gasteiger partial charge in [0.15, 0.2) is 12.1 Å². The molecule has 5 heteroatoms. The molecule has 0 amide bonds. The van der Waals surface area contributed by atoms with Crippen LogP contribution < -0.4 is 0 Å². The third kappa shape index (κ3) is 3.19. The van der Waals surface area contributed by atoms with Crippen LogP contribution in [0.15, 0.2) is 30.3 Å². The zero-order chi connectivity index (χ0) is 15.6. The lowest BCUT2D eigenvalue weighted by atomic mass is 10.1. The van der Waals surface area contributed by atoms with Crippen LogP contribution in [0.5, 0.6) is 0 Å². The predicted molar refractivity (Wildman–Crippen MR) is 80.2 cm³/mol. The number of fused-ring (bicyclic) bond motifs is 1. The predicted octanol–water partition coefficient (Wildman–Crippen LogP) is 2.39. The molecule has 2 aliphatic heterocycles. The van der Waals surface area contributed by atoms with Crippen molar-refractivity contribution in [3.63, 3.8) is 0 Å². The zero-order valence-electron chi connectivity index (χ0n) is 13.1. The molecule has 0 saturated carbocycles. The third-order valence-electron chi connectivity index (χ3n) is 4.13. The zero-order valence-corrected chi connectivity index (χ0v) is 13.1. The van der Waals surface area contributed by atoms with Gasteiger partial charge < -0.3 is 24.1 Å². The number of hydrogen-bond acceptors (Lipinski definition) is 5. The number of hydrogen-bond donors (Lipinski definition) is 1. The van der Waals surface area contributed by atoms with Crippen LogP contribution >= 0.6 is 0 Å². The van der Waals surface area contributed by atoms with E-state index in [2.05, 4.69) is 6.92 Å². The van der Waals surface area contributed by atoms with Crippen LogP contribution in [0.2, 0.25) is 0 Å². The molecule has 1 N–H and O–H groups in total. The highest BCUT2D eigenvalue weighted by atomic mass is 16.8. The highest BCUT2D eigenvalue weighted by Crippen LogP contribution is 2.43. The summed E-state index contributed by atoms with van der Waals surface area (Å²) in [6.45, 7) is 4.84. The molecule has 5 nitrogen and oxygen atoms in total. The van der Waals surface area contributed by atoms with Gasteiger partial charge in [-0.05, 0) is 13.3 Å². The molecular weight excluding hydrogens is 284 g/mol. The number of rotatable bonds is 6. The molecule has 122 valence electrons. The molecule has 2 heterocycles. The van der Waals surface area contributed by atoms with Crippen molar-refractivity contribution in [3.8, 4) is 0 Å². The number of unbranched alkanes of at least 4 members (excludes halogenated alkanes) is 1. The van der Waals surface area contributed by atoms with Crippen LogP contribution in [-0.4, -0.2) is 42.4 Å². The lowest BCUT2D eigenvalue weighted by Crippen LogP contribution is -2.38. The second kappa shape index (κ2) is 6.64. The summed E-state index contributed by atoms with van der Waals surface area (Å²) in [5.41, 5.74) is 0.943. The molecule has 2 fully saturated rings. The molecule has 1 aromatic rings. The van der Waals surface area contributed by atoms with Gasteiger partial charge in [0.25, 0.3) is 0 Å². The van der Waals surface area contributed by atoms with Crippen molar-refractivity contribution in [2.45, 2.75) is 57.1 Å². The van der Waals surface area contributed by atoms with Crippen LogP contribution in [0.4, 0.5) is 0 Å². The van der Waals surface area contributed by atoms with Crippen molar-refractivity contribution in [1.82, 2.24) is 0 Å². The molecule has 3 rings (SSSR count). The van der Waals surface area contributed by atoms with Gasteiger partial charge >= 0.3 is 0 Å². The number of benzene rings is 1. The fraction of sp³-hybridized carbons (Fsp3) is 0.647. The van der Waals surface area contributed by atoms with Gasteiger partial charge in [-0.15, -0.1) is 0 Å². The summed E-state index contributed by atoms with van der Waals surface area (Å²) in [4.78, 5) is 0. The first-order valence-corrected chi connectivity index (χ1v) is 7.95. The van der Waals surface area contributed by atoms with Crippen LogP contribution in [-0.2, 0) is 18.9 Å². The topological polar surface area (TPSA) is 57.2 Å². The second-order valence-electron chi connectivity index (χ2n) is 6.04. The van der Waals surface area contributed by atoms with E-state index in [1.54, 1.807) is 6.92 Å². The Morgan fingerprint density at radius 1 is 1.23 bits per heavy atom. The number of aliphatic hydroxyl groups is 1. The second-order valence-corrected chi connectivity index (χ2v) is 6.04. The third-order valence-corrected chi connectivity index (χ3v) is 4.13. The molecule has 5 atom stereocenters. The molecule has 0 radical (unpaired) electrons. The highest BCUT2D eigenvalue weighted by Gasteiger charge is 2.58. The van der Waals surface area contributed by atoms with Crippen molar-refractivity contribution in [2.24, 2.45) is 0 Å². The molecule has 2 aliphatic rings. The molecule has 1 aromatic carbocycles. The monoisotopic (exact) mass is 308 g/mol. The van der Waals surface area contributed by atoms with E-state index < -0.39 is 18.2 Å². The molecule has 2 unspecified atom stereocenters. The Morgan fingerprint density at radius 3 is 2.73 bits per heavy atom. The van der Waals surface area contributed by atoms with E-state index in [-0.39, 0.29) is 12.2 Å². The summed E-state index contributed by atoms with van der Waals surface area (Å²) in [6.07, 6.45) is 0.501. The van der Waals surface area contributed by atoms with E-state index in [4.69, 9.17) is 18.9 Å². The standard InChI is InChI=1S/C17H24O5/c1-3-4-10-19-11-13-14-15(17(2,18)22-13)21-16(20-14)12-8-6-5-7-9-12/h5-9,13-16,18H,3-4,10-11H2,1-2H3/t13-,14-,15-,16?,17?/m1/s1. The van der Waals surface area contributed by atoms with Gasteiger partial charge in [0.2, 0.25) is 0 Å². The Balaban J connectivity index is 1.65. The van der Waals surface area contributed by atoms with Crippen molar-refractivity contribution in [2.75, 3.05) is 13.2 Å².